The molecule has 4 rings (SSSR count). The van der Waals surface area contributed by atoms with Gasteiger partial charge in [0, 0.05) is 24.0 Å². The number of nitrogens with one attached hydrogen (secondary N) is 1. The second kappa shape index (κ2) is 15.7. The Bertz CT molecular complexity index is 1650. The van der Waals surface area contributed by atoms with Gasteiger partial charge in [-0.1, -0.05) is 108 Å². The van der Waals surface area contributed by atoms with Crippen molar-refractivity contribution in [2.75, 3.05) is 17.4 Å². The molecule has 2 amide bonds. The quantitative estimate of drug-likeness (QED) is 0.154. The van der Waals surface area contributed by atoms with Crippen molar-refractivity contribution < 1.29 is 18.0 Å². The fourth-order valence-corrected chi connectivity index (χ4v) is 6.73. The van der Waals surface area contributed by atoms with Gasteiger partial charge in [-0.15, -0.1) is 0 Å². The first-order valence-electron chi connectivity index (χ1n) is 14.7. The van der Waals surface area contributed by atoms with Crippen LogP contribution < -0.4 is 9.62 Å². The largest absolute Gasteiger partial charge is 0.354 e. The van der Waals surface area contributed by atoms with E-state index in [-0.39, 0.29) is 23.8 Å². The van der Waals surface area contributed by atoms with Crippen molar-refractivity contribution in [1.29, 1.82) is 0 Å². The minimum absolute atomic E-state index is 0.0661. The molecule has 0 radical (unpaired) electrons. The van der Waals surface area contributed by atoms with Gasteiger partial charge in [0.25, 0.3) is 10.0 Å². The number of carbonyl (C=O) groups excluding carboxylic acids is 2. The van der Waals surface area contributed by atoms with Gasteiger partial charge in [0.1, 0.15) is 12.6 Å². The van der Waals surface area contributed by atoms with Crippen LogP contribution in [0.5, 0.6) is 0 Å². The molecule has 0 heterocycles. The van der Waals surface area contributed by atoms with E-state index >= 15 is 0 Å². The summed E-state index contributed by atoms with van der Waals surface area (Å²) in [5.74, 6) is -0.761. The lowest BCUT2D eigenvalue weighted by Crippen LogP contribution is -2.53. The van der Waals surface area contributed by atoms with Gasteiger partial charge in [-0.25, -0.2) is 8.42 Å². The summed E-state index contributed by atoms with van der Waals surface area (Å²) < 4.78 is 29.9. The normalized spacial score (nSPS) is 11.9. The molecule has 0 bridgehead atoms. The Balaban J connectivity index is 1.79. The number of sulfonamides is 1. The number of rotatable bonds is 14. The number of carbonyl (C=O) groups is 2. The van der Waals surface area contributed by atoms with E-state index in [1.165, 1.54) is 17.0 Å². The zero-order valence-electron chi connectivity index (χ0n) is 25.0. The van der Waals surface area contributed by atoms with E-state index in [0.29, 0.717) is 16.7 Å². The zero-order valence-corrected chi connectivity index (χ0v) is 27.4. The van der Waals surface area contributed by atoms with E-state index in [9.17, 15) is 18.0 Å². The topological polar surface area (TPSA) is 86.8 Å². The minimum Gasteiger partial charge on any atom is -0.354 e. The second-order valence-electron chi connectivity index (χ2n) is 10.6. The van der Waals surface area contributed by atoms with E-state index in [2.05, 4.69) is 21.2 Å². The molecule has 0 saturated carbocycles. The number of benzene rings is 4. The first kappa shape index (κ1) is 33.0. The van der Waals surface area contributed by atoms with Crippen LogP contribution in [-0.4, -0.2) is 44.3 Å². The summed E-state index contributed by atoms with van der Waals surface area (Å²) in [7, 11) is -4.14. The predicted octanol–water partition coefficient (Wildman–Crippen LogP) is 6.51. The average molecular weight is 677 g/mol. The maximum atomic E-state index is 14.5. The molecule has 0 aliphatic carbocycles. The first-order valence-corrected chi connectivity index (χ1v) is 16.9. The van der Waals surface area contributed by atoms with Crippen LogP contribution in [0.3, 0.4) is 0 Å². The highest BCUT2D eigenvalue weighted by atomic mass is 79.9. The van der Waals surface area contributed by atoms with Gasteiger partial charge in [-0.3, -0.25) is 13.9 Å². The van der Waals surface area contributed by atoms with Gasteiger partial charge in [-0.2, -0.15) is 0 Å². The molecule has 0 spiro atoms. The molecule has 0 fully saturated rings. The van der Waals surface area contributed by atoms with E-state index in [1.807, 2.05) is 68.4 Å². The number of hydrogen-bond donors (Lipinski definition) is 1. The summed E-state index contributed by atoms with van der Waals surface area (Å²) in [6, 6.07) is 31.3. The van der Waals surface area contributed by atoms with Gasteiger partial charge < -0.3 is 10.2 Å². The van der Waals surface area contributed by atoms with Gasteiger partial charge in [0.2, 0.25) is 11.8 Å². The summed E-state index contributed by atoms with van der Waals surface area (Å²) in [6.07, 6.45) is 1.99. The Kier molecular flexibility index (Phi) is 11.7. The molecule has 4 aromatic carbocycles. The fourth-order valence-electron chi connectivity index (χ4n) is 4.91. The average Bonchev–Trinajstić information content (AvgIpc) is 3.03. The zero-order chi connectivity index (χ0) is 31.5. The Hall–Kier alpha value is -3.95. The van der Waals surface area contributed by atoms with Crippen molar-refractivity contribution in [3.05, 3.63) is 130 Å². The summed E-state index contributed by atoms with van der Waals surface area (Å²) in [6.45, 7) is 4.14. The minimum atomic E-state index is -4.14. The van der Waals surface area contributed by atoms with Crippen molar-refractivity contribution in [2.45, 2.75) is 50.6 Å². The van der Waals surface area contributed by atoms with Gasteiger partial charge in [0.15, 0.2) is 0 Å². The molecule has 7 nitrogen and oxygen atoms in total. The molecule has 0 saturated heterocycles. The highest BCUT2D eigenvalue weighted by Gasteiger charge is 2.34. The molecule has 1 N–H and O–H groups in total. The highest BCUT2D eigenvalue weighted by molar-refractivity contribution is 9.10. The molecule has 0 aliphatic heterocycles. The summed E-state index contributed by atoms with van der Waals surface area (Å²) in [5.41, 5.74) is 3.07. The highest BCUT2D eigenvalue weighted by Crippen LogP contribution is 2.27. The Morgan fingerprint density at radius 2 is 1.52 bits per heavy atom. The maximum Gasteiger partial charge on any atom is 0.264 e. The van der Waals surface area contributed by atoms with Crippen LogP contribution in [0, 0.1) is 6.92 Å². The number of anilines is 1. The van der Waals surface area contributed by atoms with Gasteiger partial charge >= 0.3 is 0 Å². The molecule has 44 heavy (non-hydrogen) atoms. The van der Waals surface area contributed by atoms with Crippen LogP contribution in [0.2, 0.25) is 0 Å². The standard InChI is InChI=1S/C35H38BrN3O4S/c1-3-4-22-37-35(41)33(23-28-15-7-5-8-16-28)38(25-29-17-12-11-14-27(29)2)34(40)26-39(31-19-13-18-30(36)24-31)44(42,43)32-20-9-6-10-21-32/h5-21,24,33H,3-4,22-23,25-26H2,1-2H3,(H,37,41). The number of halogens is 1. The third-order valence-corrected chi connectivity index (χ3v) is 9.69. The van der Waals surface area contributed by atoms with E-state index < -0.39 is 28.5 Å². The van der Waals surface area contributed by atoms with Crippen molar-refractivity contribution in [2.24, 2.45) is 0 Å². The van der Waals surface area contributed by atoms with Crippen LogP contribution in [0.4, 0.5) is 5.69 Å². The molecule has 0 aromatic heterocycles. The summed E-state index contributed by atoms with van der Waals surface area (Å²) in [4.78, 5) is 29.9. The lowest BCUT2D eigenvalue weighted by molar-refractivity contribution is -0.140. The van der Waals surface area contributed by atoms with Crippen LogP contribution in [0.25, 0.3) is 0 Å². The molecule has 4 aromatic rings. The van der Waals surface area contributed by atoms with Crippen LogP contribution in [0.1, 0.15) is 36.5 Å². The van der Waals surface area contributed by atoms with E-state index in [0.717, 1.165) is 33.8 Å². The molecule has 9 heteroatoms. The molecule has 1 unspecified atom stereocenters. The fraction of sp³-hybridized carbons (Fsp3) is 0.257. The molecular formula is C35H38BrN3O4S. The van der Waals surface area contributed by atoms with Crippen LogP contribution >= 0.6 is 15.9 Å². The van der Waals surface area contributed by atoms with Crippen LogP contribution in [-0.2, 0) is 32.6 Å². The Morgan fingerprint density at radius 3 is 2.18 bits per heavy atom. The van der Waals surface area contributed by atoms with Crippen LogP contribution in [0.15, 0.2) is 119 Å². The predicted molar refractivity (Wildman–Crippen MR) is 179 cm³/mol. The maximum absolute atomic E-state index is 14.5. The molecular weight excluding hydrogens is 638 g/mol. The molecule has 1 atom stereocenters. The lowest BCUT2D eigenvalue weighted by atomic mass is 10.0. The van der Waals surface area contributed by atoms with Crippen molar-refractivity contribution in [3.63, 3.8) is 0 Å². The van der Waals surface area contributed by atoms with Crippen molar-refractivity contribution in [1.82, 2.24) is 10.2 Å². The monoisotopic (exact) mass is 675 g/mol. The Morgan fingerprint density at radius 1 is 0.864 bits per heavy atom. The van der Waals surface area contributed by atoms with E-state index in [1.54, 1.807) is 42.5 Å². The summed E-state index contributed by atoms with van der Waals surface area (Å²) in [5, 5.41) is 3.02. The van der Waals surface area contributed by atoms with Crippen molar-refractivity contribution >= 4 is 43.5 Å². The smallest absolute Gasteiger partial charge is 0.264 e. The number of nitrogens with zero attached hydrogens (tertiary/aromatic N) is 2. The lowest BCUT2D eigenvalue weighted by Gasteiger charge is -2.34. The SMILES string of the molecule is CCCCNC(=O)C(Cc1ccccc1)N(Cc1ccccc1C)C(=O)CN(c1cccc(Br)c1)S(=O)(=O)c1ccccc1. The molecule has 0 aliphatic rings. The number of aryl methyl sites for hydroxylation is 1. The summed E-state index contributed by atoms with van der Waals surface area (Å²) >= 11 is 3.44. The second-order valence-corrected chi connectivity index (χ2v) is 13.4. The molecule has 230 valence electrons. The number of amides is 2. The third-order valence-electron chi connectivity index (χ3n) is 7.41. The third kappa shape index (κ3) is 8.57. The van der Waals surface area contributed by atoms with Crippen molar-refractivity contribution in [3.8, 4) is 0 Å². The number of unbranched alkanes of at least 4 members (excludes halogenated alkanes) is 1. The van der Waals surface area contributed by atoms with Gasteiger partial charge in [0.05, 0.1) is 10.6 Å². The number of hydrogen-bond acceptors (Lipinski definition) is 4. The first-order chi connectivity index (χ1) is 21.2. The van der Waals surface area contributed by atoms with E-state index in [4.69, 9.17) is 0 Å². The van der Waals surface area contributed by atoms with Gasteiger partial charge in [-0.05, 0) is 60.4 Å². The Labute approximate surface area is 269 Å².